The van der Waals surface area contributed by atoms with Gasteiger partial charge in [-0.2, -0.15) is 0 Å². The van der Waals surface area contributed by atoms with Crippen LogP contribution in [-0.4, -0.2) is 62.0 Å². The summed E-state index contributed by atoms with van der Waals surface area (Å²) in [6.07, 6.45) is 0.479. The molecule has 6 heteroatoms. The highest BCUT2D eigenvalue weighted by Gasteiger charge is 2.31. The smallest absolute Gasteiger partial charge is 0.248 e. The monoisotopic (exact) mass is 384 g/mol. The van der Waals surface area contributed by atoms with Crippen LogP contribution in [0.2, 0.25) is 0 Å². The molecular weight excluding hydrogens is 359 g/mol. The summed E-state index contributed by atoms with van der Waals surface area (Å²) in [7, 11) is 3.25. The Bertz CT molecular complexity index is 855. The third kappa shape index (κ3) is 4.57. The van der Waals surface area contributed by atoms with Crippen LogP contribution in [0.3, 0.4) is 0 Å². The number of amides is 2. The second kappa shape index (κ2) is 8.97. The molecule has 28 heavy (non-hydrogen) atoms. The molecule has 1 unspecified atom stereocenters. The molecule has 1 heterocycles. The summed E-state index contributed by atoms with van der Waals surface area (Å²) >= 11 is 0. The highest BCUT2D eigenvalue weighted by atomic mass is 19.1. The normalized spacial score (nSPS) is 17.5. The van der Waals surface area contributed by atoms with Crippen LogP contribution >= 0.6 is 0 Å². The molecule has 1 aliphatic heterocycles. The Balaban J connectivity index is 1.88. The van der Waals surface area contributed by atoms with Gasteiger partial charge in [-0.3, -0.25) is 9.59 Å². The van der Waals surface area contributed by atoms with Gasteiger partial charge >= 0.3 is 0 Å². The Morgan fingerprint density at radius 1 is 1.18 bits per heavy atom. The molecule has 1 atom stereocenters. The van der Waals surface area contributed by atoms with Crippen molar-refractivity contribution >= 4 is 11.8 Å². The van der Waals surface area contributed by atoms with E-state index in [4.69, 9.17) is 4.74 Å². The van der Waals surface area contributed by atoms with E-state index in [9.17, 15) is 14.0 Å². The second-order valence-corrected chi connectivity index (χ2v) is 7.10. The third-order valence-corrected chi connectivity index (χ3v) is 5.11. The Hall–Kier alpha value is -2.73. The van der Waals surface area contributed by atoms with Crippen molar-refractivity contribution in [1.29, 1.82) is 0 Å². The number of hydrogen-bond acceptors (Lipinski definition) is 3. The zero-order valence-corrected chi connectivity index (χ0v) is 16.2. The van der Waals surface area contributed by atoms with Gasteiger partial charge in [-0.05, 0) is 35.2 Å². The molecular formula is C22H25FN2O3. The number of rotatable bonds is 5. The molecule has 0 aliphatic carbocycles. The van der Waals surface area contributed by atoms with Crippen molar-refractivity contribution in [2.24, 2.45) is 5.92 Å². The minimum absolute atomic E-state index is 0.00447. The highest BCUT2D eigenvalue weighted by molar-refractivity contribution is 5.83. The van der Waals surface area contributed by atoms with E-state index in [1.54, 1.807) is 22.9 Å². The fraction of sp³-hybridized carbons (Fsp3) is 0.364. The molecule has 0 N–H and O–H groups in total. The zero-order valence-electron chi connectivity index (χ0n) is 16.2. The van der Waals surface area contributed by atoms with E-state index in [0.717, 1.165) is 16.7 Å². The van der Waals surface area contributed by atoms with Crippen molar-refractivity contribution in [2.45, 2.75) is 6.42 Å². The third-order valence-electron chi connectivity index (χ3n) is 5.11. The largest absolute Gasteiger partial charge is 0.375 e. The maximum atomic E-state index is 13.7. The first-order chi connectivity index (χ1) is 13.5. The van der Waals surface area contributed by atoms with Crippen LogP contribution in [0.15, 0.2) is 48.5 Å². The van der Waals surface area contributed by atoms with Crippen LogP contribution in [0.25, 0.3) is 11.1 Å². The van der Waals surface area contributed by atoms with Crippen LogP contribution in [0.4, 0.5) is 4.39 Å². The lowest BCUT2D eigenvalue weighted by molar-refractivity contribution is -0.136. The topological polar surface area (TPSA) is 49.9 Å². The lowest BCUT2D eigenvalue weighted by Crippen LogP contribution is -2.39. The van der Waals surface area contributed by atoms with E-state index >= 15 is 0 Å². The van der Waals surface area contributed by atoms with Crippen molar-refractivity contribution in [2.75, 3.05) is 40.4 Å². The molecule has 1 aliphatic rings. The van der Waals surface area contributed by atoms with Crippen LogP contribution in [0.5, 0.6) is 0 Å². The quantitative estimate of drug-likeness (QED) is 0.796. The lowest BCUT2D eigenvalue weighted by atomic mass is 9.91. The van der Waals surface area contributed by atoms with Gasteiger partial charge < -0.3 is 14.5 Å². The fourth-order valence-electron chi connectivity index (χ4n) is 3.62. The minimum Gasteiger partial charge on any atom is -0.375 e. The standard InChI is InChI=1S/C22H25FN2O3/c1-24-10-11-25(21(26)15-28-2)14-18(22(24)27)12-16-6-3-4-9-20(16)17-7-5-8-19(23)13-17/h3-9,13,18H,10-12,14-15H2,1-2H3. The van der Waals surface area contributed by atoms with Gasteiger partial charge in [-0.1, -0.05) is 36.4 Å². The molecule has 1 saturated heterocycles. The van der Waals surface area contributed by atoms with Gasteiger partial charge in [0, 0.05) is 33.8 Å². The molecule has 2 aromatic rings. The number of ether oxygens (including phenoxy) is 1. The van der Waals surface area contributed by atoms with E-state index in [0.29, 0.717) is 26.1 Å². The summed E-state index contributed by atoms with van der Waals surface area (Å²) in [5.41, 5.74) is 2.63. The van der Waals surface area contributed by atoms with Gasteiger partial charge in [0.05, 0.1) is 5.92 Å². The highest BCUT2D eigenvalue weighted by Crippen LogP contribution is 2.27. The molecule has 0 aromatic heterocycles. The van der Waals surface area contributed by atoms with Gasteiger partial charge in [-0.15, -0.1) is 0 Å². The number of methoxy groups -OCH3 is 1. The number of carbonyl (C=O) groups is 2. The number of halogens is 1. The number of likely N-dealkylation sites (N-methyl/N-ethyl adjacent to an activating group) is 1. The molecule has 148 valence electrons. The van der Waals surface area contributed by atoms with E-state index in [2.05, 4.69) is 0 Å². The summed E-state index contributed by atoms with van der Waals surface area (Å²) in [6, 6.07) is 14.1. The molecule has 5 nitrogen and oxygen atoms in total. The summed E-state index contributed by atoms with van der Waals surface area (Å²) in [6.45, 7) is 1.34. The fourth-order valence-corrected chi connectivity index (χ4v) is 3.62. The van der Waals surface area contributed by atoms with Crippen LogP contribution in [0.1, 0.15) is 5.56 Å². The van der Waals surface area contributed by atoms with E-state index in [1.807, 2.05) is 30.3 Å². The molecule has 0 spiro atoms. The van der Waals surface area contributed by atoms with Crippen molar-refractivity contribution in [3.8, 4) is 11.1 Å². The average molecular weight is 384 g/mol. The maximum absolute atomic E-state index is 13.7. The number of nitrogens with zero attached hydrogens (tertiary/aromatic N) is 2. The van der Waals surface area contributed by atoms with E-state index < -0.39 is 0 Å². The molecule has 1 fully saturated rings. The molecule has 2 aromatic carbocycles. The van der Waals surface area contributed by atoms with Gasteiger partial charge in [0.25, 0.3) is 0 Å². The number of hydrogen-bond donors (Lipinski definition) is 0. The van der Waals surface area contributed by atoms with Crippen molar-refractivity contribution in [1.82, 2.24) is 9.80 Å². The van der Waals surface area contributed by atoms with Gasteiger partial charge in [-0.25, -0.2) is 4.39 Å². The Labute approximate surface area is 164 Å². The van der Waals surface area contributed by atoms with E-state index in [-0.39, 0.29) is 30.2 Å². The molecule has 0 radical (unpaired) electrons. The van der Waals surface area contributed by atoms with Crippen LogP contribution in [-0.2, 0) is 20.7 Å². The predicted molar refractivity (Wildman–Crippen MR) is 105 cm³/mol. The first-order valence-electron chi connectivity index (χ1n) is 9.35. The van der Waals surface area contributed by atoms with E-state index in [1.165, 1.54) is 19.2 Å². The van der Waals surface area contributed by atoms with Crippen molar-refractivity contribution in [3.63, 3.8) is 0 Å². The Kier molecular flexibility index (Phi) is 6.41. The number of benzene rings is 2. The summed E-state index contributed by atoms with van der Waals surface area (Å²) in [5.74, 6) is -0.757. The zero-order chi connectivity index (χ0) is 20.1. The summed E-state index contributed by atoms with van der Waals surface area (Å²) in [4.78, 5) is 28.6. The van der Waals surface area contributed by atoms with Gasteiger partial charge in [0.15, 0.2) is 0 Å². The molecule has 0 saturated carbocycles. The Morgan fingerprint density at radius 3 is 2.71 bits per heavy atom. The van der Waals surface area contributed by atoms with Crippen LogP contribution < -0.4 is 0 Å². The molecule has 2 amide bonds. The molecule has 3 rings (SSSR count). The summed E-state index contributed by atoms with van der Waals surface area (Å²) < 4.78 is 18.7. The Morgan fingerprint density at radius 2 is 1.96 bits per heavy atom. The van der Waals surface area contributed by atoms with Crippen molar-refractivity contribution in [3.05, 3.63) is 59.9 Å². The van der Waals surface area contributed by atoms with Gasteiger partial charge in [0.2, 0.25) is 11.8 Å². The SMILES string of the molecule is COCC(=O)N1CCN(C)C(=O)C(Cc2ccccc2-c2cccc(F)c2)C1. The average Bonchev–Trinajstić information content (AvgIpc) is 2.82. The van der Waals surface area contributed by atoms with Gasteiger partial charge in [0.1, 0.15) is 12.4 Å². The minimum atomic E-state index is -0.358. The molecule has 0 bridgehead atoms. The van der Waals surface area contributed by atoms with Crippen LogP contribution in [0, 0.1) is 11.7 Å². The summed E-state index contributed by atoms with van der Waals surface area (Å²) in [5, 5.41) is 0. The first kappa shape index (κ1) is 20.0. The first-order valence-corrected chi connectivity index (χ1v) is 9.35. The lowest BCUT2D eigenvalue weighted by Gasteiger charge is -2.24. The maximum Gasteiger partial charge on any atom is 0.248 e. The predicted octanol–water partition coefficient (Wildman–Crippen LogP) is 2.60. The van der Waals surface area contributed by atoms with Crippen molar-refractivity contribution < 1.29 is 18.7 Å². The number of carbonyl (C=O) groups excluding carboxylic acids is 2. The second-order valence-electron chi connectivity index (χ2n) is 7.10.